The number of ether oxygens (including phenoxy) is 2. The van der Waals surface area contributed by atoms with Gasteiger partial charge in [0.2, 0.25) is 0 Å². The third-order valence-corrected chi connectivity index (χ3v) is 2.90. The Morgan fingerprint density at radius 2 is 1.69 bits per heavy atom. The minimum absolute atomic E-state index is 0.306. The molecule has 1 aromatic carbocycles. The van der Waals surface area contributed by atoms with Crippen LogP contribution in [0.4, 0.5) is 0 Å². The summed E-state index contributed by atoms with van der Waals surface area (Å²) in [5.74, 6) is -1.09. The van der Waals surface area contributed by atoms with Crippen molar-refractivity contribution in [2.45, 2.75) is 17.6 Å². The van der Waals surface area contributed by atoms with E-state index < -0.39 is 18.2 Å². The van der Waals surface area contributed by atoms with Crippen molar-refractivity contribution >= 4 is 23.7 Å². The minimum atomic E-state index is -0.898. The number of rotatable bonds is 2. The van der Waals surface area contributed by atoms with Crippen LogP contribution in [-0.2, 0) is 19.1 Å². The van der Waals surface area contributed by atoms with Crippen LogP contribution in [0.25, 0.3) is 0 Å². The molecule has 4 nitrogen and oxygen atoms in total. The van der Waals surface area contributed by atoms with E-state index in [2.05, 4.69) is 0 Å². The first kappa shape index (κ1) is 11.0. The molecule has 84 valence electrons. The lowest BCUT2D eigenvalue weighted by Crippen LogP contribution is -2.26. The smallest absolute Gasteiger partial charge is 0.320 e. The predicted octanol–water partition coefficient (Wildman–Crippen LogP) is 1.90. The molecule has 0 radical (unpaired) electrons. The Balaban J connectivity index is 2.16. The fourth-order valence-corrected chi connectivity index (χ4v) is 1.77. The van der Waals surface area contributed by atoms with Crippen molar-refractivity contribution in [2.24, 2.45) is 0 Å². The normalized spacial score (nSPS) is 16.8. The highest BCUT2D eigenvalue weighted by atomic mass is 32.2. The fraction of sp³-hybridized carbons (Fsp3) is 0.273. The molecule has 1 heterocycles. The van der Waals surface area contributed by atoms with Crippen LogP contribution in [0.3, 0.4) is 0 Å². The maximum atomic E-state index is 11.1. The monoisotopic (exact) mass is 238 g/mol. The van der Waals surface area contributed by atoms with Crippen molar-refractivity contribution in [2.75, 3.05) is 6.26 Å². The van der Waals surface area contributed by atoms with Crippen LogP contribution in [0.5, 0.6) is 0 Å². The molecule has 0 aliphatic carbocycles. The number of esters is 2. The van der Waals surface area contributed by atoms with E-state index in [0.717, 1.165) is 4.90 Å². The lowest BCUT2D eigenvalue weighted by atomic mass is 10.2. The van der Waals surface area contributed by atoms with Gasteiger partial charge in [-0.3, -0.25) is 9.59 Å². The zero-order valence-corrected chi connectivity index (χ0v) is 9.45. The number of thioether (sulfide) groups is 1. The summed E-state index contributed by atoms with van der Waals surface area (Å²) < 4.78 is 9.85. The molecule has 1 aliphatic rings. The largest absolute Gasteiger partial charge is 0.420 e. The summed E-state index contributed by atoms with van der Waals surface area (Å²) in [4.78, 5) is 23.2. The molecule has 0 aromatic heterocycles. The second-order valence-electron chi connectivity index (χ2n) is 3.26. The molecule has 1 aromatic rings. The van der Waals surface area contributed by atoms with Crippen molar-refractivity contribution in [3.8, 4) is 0 Å². The standard InChI is InChI=1S/C11H10O4S/c1-16-8-4-2-7(3-5-8)11-14-9(12)6-10(13)15-11/h2-5,11H,6H2,1H3. The molecule has 1 fully saturated rings. The molecule has 1 saturated heterocycles. The highest BCUT2D eigenvalue weighted by Crippen LogP contribution is 2.25. The van der Waals surface area contributed by atoms with E-state index in [1.165, 1.54) is 0 Å². The third kappa shape index (κ3) is 2.36. The lowest BCUT2D eigenvalue weighted by molar-refractivity contribution is -0.204. The molecule has 0 N–H and O–H groups in total. The molecule has 16 heavy (non-hydrogen) atoms. The Hall–Kier alpha value is -1.49. The van der Waals surface area contributed by atoms with Gasteiger partial charge in [0, 0.05) is 10.5 Å². The van der Waals surface area contributed by atoms with Gasteiger partial charge >= 0.3 is 11.9 Å². The molecule has 0 amide bonds. The average Bonchev–Trinajstić information content (AvgIpc) is 2.28. The molecule has 5 heteroatoms. The molecule has 1 aliphatic heterocycles. The molecule has 0 atom stereocenters. The van der Waals surface area contributed by atoms with Crippen LogP contribution in [0.15, 0.2) is 29.2 Å². The van der Waals surface area contributed by atoms with Gasteiger partial charge in [-0.2, -0.15) is 0 Å². The zero-order valence-electron chi connectivity index (χ0n) is 8.64. The van der Waals surface area contributed by atoms with E-state index >= 15 is 0 Å². The van der Waals surface area contributed by atoms with E-state index in [9.17, 15) is 9.59 Å². The number of carbonyl (C=O) groups is 2. The zero-order chi connectivity index (χ0) is 11.5. The summed E-state index contributed by atoms with van der Waals surface area (Å²) in [5.41, 5.74) is 0.666. The summed E-state index contributed by atoms with van der Waals surface area (Å²) >= 11 is 1.61. The quantitative estimate of drug-likeness (QED) is 0.447. The molecule has 0 bridgehead atoms. The number of hydrogen-bond acceptors (Lipinski definition) is 5. The SMILES string of the molecule is CSc1ccc(C2OC(=O)CC(=O)O2)cc1. The maximum absolute atomic E-state index is 11.1. The van der Waals surface area contributed by atoms with Crippen LogP contribution in [-0.4, -0.2) is 18.2 Å². The van der Waals surface area contributed by atoms with Crippen LogP contribution in [0, 0.1) is 0 Å². The highest BCUT2D eigenvalue weighted by Gasteiger charge is 2.28. The van der Waals surface area contributed by atoms with Gasteiger partial charge in [-0.05, 0) is 18.4 Å². The van der Waals surface area contributed by atoms with E-state index in [1.54, 1.807) is 23.9 Å². The fourth-order valence-electron chi connectivity index (χ4n) is 1.36. The number of benzene rings is 1. The van der Waals surface area contributed by atoms with Gasteiger partial charge in [0.05, 0.1) is 0 Å². The minimum Gasteiger partial charge on any atom is -0.420 e. The number of hydrogen-bond donors (Lipinski definition) is 0. The first-order valence-electron chi connectivity index (χ1n) is 4.72. The predicted molar refractivity (Wildman–Crippen MR) is 57.8 cm³/mol. The van der Waals surface area contributed by atoms with Crippen molar-refractivity contribution in [3.05, 3.63) is 29.8 Å². The van der Waals surface area contributed by atoms with Gasteiger partial charge in [0.25, 0.3) is 6.29 Å². The lowest BCUT2D eigenvalue weighted by Gasteiger charge is -2.22. The second kappa shape index (κ2) is 4.57. The number of cyclic esters (lactones) is 2. The molecule has 0 saturated carbocycles. The van der Waals surface area contributed by atoms with Crippen LogP contribution >= 0.6 is 11.8 Å². The second-order valence-corrected chi connectivity index (χ2v) is 4.14. The summed E-state index contributed by atoms with van der Waals surface area (Å²) in [6.07, 6.45) is 0.763. The Labute approximate surface area is 96.9 Å². The summed E-state index contributed by atoms with van der Waals surface area (Å²) in [6.45, 7) is 0. The van der Waals surface area contributed by atoms with E-state index in [0.29, 0.717) is 5.56 Å². The van der Waals surface area contributed by atoms with E-state index in [1.807, 2.05) is 18.4 Å². The third-order valence-electron chi connectivity index (χ3n) is 2.15. The van der Waals surface area contributed by atoms with Gasteiger partial charge in [0.1, 0.15) is 6.42 Å². The van der Waals surface area contributed by atoms with E-state index in [4.69, 9.17) is 9.47 Å². The summed E-state index contributed by atoms with van der Waals surface area (Å²) in [6, 6.07) is 7.33. The van der Waals surface area contributed by atoms with Crippen LogP contribution in [0.2, 0.25) is 0 Å². The van der Waals surface area contributed by atoms with Gasteiger partial charge in [-0.1, -0.05) is 12.1 Å². The molecule has 0 spiro atoms. The van der Waals surface area contributed by atoms with Gasteiger partial charge in [-0.15, -0.1) is 11.8 Å². The van der Waals surface area contributed by atoms with Crippen molar-refractivity contribution in [1.29, 1.82) is 0 Å². The van der Waals surface area contributed by atoms with Crippen LogP contribution < -0.4 is 0 Å². The Morgan fingerprint density at radius 1 is 1.12 bits per heavy atom. The molecular formula is C11H10O4S. The van der Waals surface area contributed by atoms with E-state index in [-0.39, 0.29) is 6.42 Å². The van der Waals surface area contributed by atoms with Crippen LogP contribution in [0.1, 0.15) is 18.3 Å². The molecule has 0 unspecified atom stereocenters. The van der Waals surface area contributed by atoms with Crippen molar-refractivity contribution in [1.82, 2.24) is 0 Å². The Bertz CT molecular complexity index is 396. The molecule has 2 rings (SSSR count). The van der Waals surface area contributed by atoms with Gasteiger partial charge in [0.15, 0.2) is 0 Å². The van der Waals surface area contributed by atoms with Gasteiger partial charge < -0.3 is 9.47 Å². The van der Waals surface area contributed by atoms with Gasteiger partial charge in [-0.25, -0.2) is 0 Å². The summed E-state index contributed by atoms with van der Waals surface area (Å²) in [7, 11) is 0. The first-order chi connectivity index (χ1) is 7.69. The Kier molecular flexibility index (Phi) is 3.14. The van der Waals surface area contributed by atoms with Crippen molar-refractivity contribution in [3.63, 3.8) is 0 Å². The summed E-state index contributed by atoms with van der Waals surface area (Å²) in [5, 5.41) is 0. The highest BCUT2D eigenvalue weighted by molar-refractivity contribution is 7.98. The maximum Gasteiger partial charge on any atom is 0.320 e. The molecular weight excluding hydrogens is 228 g/mol. The first-order valence-corrected chi connectivity index (χ1v) is 5.94. The number of carbonyl (C=O) groups excluding carboxylic acids is 2. The Morgan fingerprint density at radius 3 is 2.19 bits per heavy atom. The average molecular weight is 238 g/mol. The van der Waals surface area contributed by atoms with Crippen molar-refractivity contribution < 1.29 is 19.1 Å². The topological polar surface area (TPSA) is 52.6 Å².